The first-order valence-electron chi connectivity index (χ1n) is 9.36. The molecule has 29 heavy (non-hydrogen) atoms. The topological polar surface area (TPSA) is 0 Å². The lowest BCUT2D eigenvalue weighted by molar-refractivity contribution is 1.65. The van der Waals surface area contributed by atoms with E-state index < -0.39 is 19.7 Å². The van der Waals surface area contributed by atoms with Gasteiger partial charge in [0.05, 0.1) is 0 Å². The molecule has 4 rings (SSSR count). The summed E-state index contributed by atoms with van der Waals surface area (Å²) < 4.78 is -0.976. The van der Waals surface area contributed by atoms with Gasteiger partial charge in [-0.15, -0.1) is 0 Å². The zero-order chi connectivity index (χ0) is 20.1. The highest BCUT2D eigenvalue weighted by Gasteiger charge is 2.45. The molecule has 0 amide bonds. The predicted octanol–water partition coefficient (Wildman–Crippen LogP) is 6.34. The highest BCUT2D eigenvalue weighted by Crippen LogP contribution is 2.69. The SMILES string of the molecule is ClC(Cl)(P(c1ccccc1)c1ccccc1)P(c1ccccc1)c1ccccc1. The lowest BCUT2D eigenvalue weighted by Crippen LogP contribution is -2.30. The second-order valence-electron chi connectivity index (χ2n) is 6.52. The van der Waals surface area contributed by atoms with Gasteiger partial charge in [-0.25, -0.2) is 0 Å². The first kappa shape index (κ1) is 20.6. The Morgan fingerprint density at radius 3 is 0.793 bits per heavy atom. The summed E-state index contributed by atoms with van der Waals surface area (Å²) in [7, 11) is -2.04. The third kappa shape index (κ3) is 4.58. The smallest absolute Gasteiger partial charge is 0.0900 e. The summed E-state index contributed by atoms with van der Waals surface area (Å²) in [5.74, 6) is 0. The maximum absolute atomic E-state index is 7.43. The Morgan fingerprint density at radius 2 is 0.586 bits per heavy atom. The van der Waals surface area contributed by atoms with Crippen molar-refractivity contribution < 1.29 is 0 Å². The molecule has 4 aromatic carbocycles. The molecule has 0 bridgehead atoms. The minimum atomic E-state index is -1.02. The van der Waals surface area contributed by atoms with E-state index in [1.54, 1.807) is 0 Å². The fraction of sp³-hybridized carbons (Fsp3) is 0.0400. The molecule has 0 radical (unpaired) electrons. The van der Waals surface area contributed by atoms with Crippen LogP contribution >= 0.6 is 39.0 Å². The van der Waals surface area contributed by atoms with Crippen LogP contribution in [0.4, 0.5) is 0 Å². The van der Waals surface area contributed by atoms with Crippen molar-refractivity contribution in [2.75, 3.05) is 0 Å². The average molecular weight is 453 g/mol. The first-order valence-corrected chi connectivity index (χ1v) is 12.8. The van der Waals surface area contributed by atoms with Crippen LogP contribution in [0.1, 0.15) is 0 Å². The van der Waals surface area contributed by atoms with Crippen molar-refractivity contribution in [1.29, 1.82) is 0 Å². The van der Waals surface area contributed by atoms with Crippen LogP contribution in [-0.4, -0.2) is 3.82 Å². The number of hydrogen-bond donors (Lipinski definition) is 0. The maximum atomic E-state index is 7.43. The predicted molar refractivity (Wildman–Crippen MR) is 133 cm³/mol. The Bertz CT molecular complexity index is 859. The molecule has 0 aromatic heterocycles. The number of alkyl halides is 2. The van der Waals surface area contributed by atoms with Crippen molar-refractivity contribution >= 4 is 60.3 Å². The molecule has 0 aliphatic rings. The van der Waals surface area contributed by atoms with Crippen LogP contribution < -0.4 is 21.2 Å². The zero-order valence-corrected chi connectivity index (χ0v) is 19.0. The van der Waals surface area contributed by atoms with E-state index in [1.807, 2.05) is 24.3 Å². The molecule has 0 saturated heterocycles. The minimum absolute atomic E-state index is 0.976. The second kappa shape index (κ2) is 9.42. The lowest BCUT2D eigenvalue weighted by atomic mass is 10.4. The standard InChI is InChI=1S/C25H20Cl2P2/c26-25(27,28(21-13-5-1-6-14-21)22-15-7-2-8-16-22)29(23-17-9-3-10-18-23)24-19-11-4-12-20-24/h1-20H. The molecule has 4 aromatic rings. The normalized spacial score (nSPS) is 11.7. The Balaban J connectivity index is 1.91. The van der Waals surface area contributed by atoms with Gasteiger partial charge in [-0.05, 0) is 37.1 Å². The summed E-state index contributed by atoms with van der Waals surface area (Å²) >= 11 is 14.9. The van der Waals surface area contributed by atoms with E-state index >= 15 is 0 Å². The molecular formula is C25H20Cl2P2. The van der Waals surface area contributed by atoms with Crippen LogP contribution in [0.5, 0.6) is 0 Å². The first-order chi connectivity index (χ1) is 14.2. The van der Waals surface area contributed by atoms with Gasteiger partial charge < -0.3 is 0 Å². The van der Waals surface area contributed by atoms with Gasteiger partial charge in [0.15, 0.2) is 3.82 Å². The summed E-state index contributed by atoms with van der Waals surface area (Å²) in [4.78, 5) is 0. The summed E-state index contributed by atoms with van der Waals surface area (Å²) in [5, 5.41) is 4.72. The third-order valence-corrected chi connectivity index (χ3v) is 12.2. The van der Waals surface area contributed by atoms with Gasteiger partial charge in [0.1, 0.15) is 0 Å². The van der Waals surface area contributed by atoms with Crippen LogP contribution in [0.3, 0.4) is 0 Å². The quantitative estimate of drug-likeness (QED) is 0.236. The van der Waals surface area contributed by atoms with E-state index in [0.29, 0.717) is 0 Å². The zero-order valence-electron chi connectivity index (χ0n) is 15.7. The van der Waals surface area contributed by atoms with Gasteiger partial charge in [-0.2, -0.15) is 0 Å². The lowest BCUT2D eigenvalue weighted by Gasteiger charge is -2.38. The van der Waals surface area contributed by atoms with Crippen LogP contribution in [0.15, 0.2) is 121 Å². The highest BCUT2D eigenvalue weighted by molar-refractivity contribution is 7.95. The minimum Gasteiger partial charge on any atom is -0.0900 e. The maximum Gasteiger partial charge on any atom is 0.171 e. The molecule has 0 aliphatic carbocycles. The van der Waals surface area contributed by atoms with E-state index in [-0.39, 0.29) is 0 Å². The van der Waals surface area contributed by atoms with Gasteiger partial charge in [0.25, 0.3) is 0 Å². The number of halogens is 2. The Morgan fingerprint density at radius 1 is 0.379 bits per heavy atom. The Kier molecular flexibility index (Phi) is 6.69. The molecule has 0 fully saturated rings. The van der Waals surface area contributed by atoms with Crippen molar-refractivity contribution in [2.45, 2.75) is 3.82 Å². The molecule has 0 unspecified atom stereocenters. The van der Waals surface area contributed by atoms with Gasteiger partial charge in [-0.3, -0.25) is 0 Å². The van der Waals surface area contributed by atoms with Crippen LogP contribution in [0.2, 0.25) is 0 Å². The van der Waals surface area contributed by atoms with Crippen LogP contribution in [-0.2, 0) is 0 Å². The molecule has 0 spiro atoms. The largest absolute Gasteiger partial charge is 0.171 e. The summed E-state index contributed by atoms with van der Waals surface area (Å²) in [6.45, 7) is 0. The van der Waals surface area contributed by atoms with Crippen molar-refractivity contribution in [3.05, 3.63) is 121 Å². The Hall–Kier alpha value is -1.68. The molecule has 0 aliphatic heterocycles. The fourth-order valence-corrected chi connectivity index (χ4v) is 11.6. The monoisotopic (exact) mass is 452 g/mol. The van der Waals surface area contributed by atoms with E-state index in [0.717, 1.165) is 0 Å². The highest BCUT2D eigenvalue weighted by atomic mass is 35.5. The average Bonchev–Trinajstić information content (AvgIpc) is 2.77. The summed E-state index contributed by atoms with van der Waals surface area (Å²) in [6.07, 6.45) is 0. The Labute approximate surface area is 185 Å². The van der Waals surface area contributed by atoms with Crippen molar-refractivity contribution in [2.24, 2.45) is 0 Å². The van der Waals surface area contributed by atoms with Crippen molar-refractivity contribution in [3.8, 4) is 0 Å². The third-order valence-electron chi connectivity index (χ3n) is 4.60. The molecule has 0 atom stereocenters. The van der Waals surface area contributed by atoms with Crippen molar-refractivity contribution in [1.82, 2.24) is 0 Å². The van der Waals surface area contributed by atoms with E-state index in [9.17, 15) is 0 Å². The van der Waals surface area contributed by atoms with E-state index in [4.69, 9.17) is 23.2 Å². The number of hydrogen-bond acceptors (Lipinski definition) is 0. The molecule has 4 heteroatoms. The molecule has 0 nitrogen and oxygen atoms in total. The molecule has 0 heterocycles. The van der Waals surface area contributed by atoms with Gasteiger partial charge in [-0.1, -0.05) is 145 Å². The second-order valence-corrected chi connectivity index (χ2v) is 14.0. The number of benzene rings is 4. The molecule has 144 valence electrons. The molecular weight excluding hydrogens is 433 g/mol. The van der Waals surface area contributed by atoms with E-state index in [2.05, 4.69) is 97.1 Å². The van der Waals surface area contributed by atoms with Gasteiger partial charge in [0.2, 0.25) is 0 Å². The van der Waals surface area contributed by atoms with Gasteiger partial charge >= 0.3 is 0 Å². The fourth-order valence-electron chi connectivity index (χ4n) is 3.33. The van der Waals surface area contributed by atoms with Crippen molar-refractivity contribution in [3.63, 3.8) is 0 Å². The van der Waals surface area contributed by atoms with Crippen LogP contribution in [0, 0.1) is 0 Å². The summed E-state index contributed by atoms with van der Waals surface area (Å²) in [5.41, 5.74) is 0. The van der Waals surface area contributed by atoms with Gasteiger partial charge in [0, 0.05) is 0 Å². The molecule has 0 saturated carbocycles. The van der Waals surface area contributed by atoms with Crippen LogP contribution in [0.25, 0.3) is 0 Å². The number of rotatable bonds is 6. The molecule has 0 N–H and O–H groups in total. The summed E-state index contributed by atoms with van der Waals surface area (Å²) in [6, 6.07) is 41.7. The van der Waals surface area contributed by atoms with E-state index in [1.165, 1.54) is 21.2 Å².